The zero-order chi connectivity index (χ0) is 18.1. The van der Waals surface area contributed by atoms with E-state index in [0.717, 1.165) is 16.6 Å². The molecule has 0 radical (unpaired) electrons. The first-order valence-electron chi connectivity index (χ1n) is 7.78. The number of aromatic nitrogens is 2. The molecule has 7 heteroatoms. The van der Waals surface area contributed by atoms with E-state index in [1.807, 2.05) is 36.4 Å². The standard InChI is InChI=1S/C19H13ClN4OS/c20-12-5-3-11(4-6-12)15-8-7-14-16(21)17(26-19(14)24-15)18(25)23-13-2-1-9-22-10-13/h1-10H,21H2,(H,23,25). The lowest BCUT2D eigenvalue weighted by Gasteiger charge is -2.03. The van der Waals surface area contributed by atoms with Gasteiger partial charge in [-0.3, -0.25) is 9.78 Å². The summed E-state index contributed by atoms with van der Waals surface area (Å²) in [7, 11) is 0. The summed E-state index contributed by atoms with van der Waals surface area (Å²) in [5, 5.41) is 4.24. The first kappa shape index (κ1) is 16.5. The number of anilines is 2. The third kappa shape index (κ3) is 3.12. The Labute approximate surface area is 158 Å². The SMILES string of the molecule is Nc1c(C(=O)Nc2cccnc2)sc2nc(-c3ccc(Cl)cc3)ccc12. The third-order valence-electron chi connectivity index (χ3n) is 3.86. The molecule has 4 aromatic rings. The van der Waals surface area contributed by atoms with Crippen LogP contribution in [0.15, 0.2) is 60.9 Å². The molecule has 0 bridgehead atoms. The Balaban J connectivity index is 1.70. The van der Waals surface area contributed by atoms with Crippen molar-refractivity contribution in [2.45, 2.75) is 0 Å². The Bertz CT molecular complexity index is 1090. The second kappa shape index (κ2) is 6.74. The zero-order valence-electron chi connectivity index (χ0n) is 13.4. The maximum Gasteiger partial charge on any atom is 0.267 e. The Morgan fingerprint density at radius 2 is 1.92 bits per heavy atom. The van der Waals surface area contributed by atoms with Crippen molar-refractivity contribution < 1.29 is 4.79 Å². The fourth-order valence-electron chi connectivity index (χ4n) is 2.57. The molecule has 26 heavy (non-hydrogen) atoms. The van der Waals surface area contributed by atoms with Crippen molar-refractivity contribution in [3.63, 3.8) is 0 Å². The second-order valence-electron chi connectivity index (χ2n) is 5.60. The summed E-state index contributed by atoms with van der Waals surface area (Å²) in [6.45, 7) is 0. The van der Waals surface area contributed by atoms with E-state index in [2.05, 4.69) is 15.3 Å². The Kier molecular flexibility index (Phi) is 4.28. The number of amides is 1. The number of pyridine rings is 2. The van der Waals surface area contributed by atoms with E-state index in [0.29, 0.717) is 26.1 Å². The Morgan fingerprint density at radius 1 is 1.12 bits per heavy atom. The number of carbonyl (C=O) groups is 1. The van der Waals surface area contributed by atoms with Crippen molar-refractivity contribution in [3.05, 3.63) is 70.8 Å². The van der Waals surface area contributed by atoms with Crippen LogP contribution in [0.4, 0.5) is 11.4 Å². The lowest BCUT2D eigenvalue weighted by atomic mass is 10.1. The smallest absolute Gasteiger partial charge is 0.267 e. The number of nitrogens with one attached hydrogen (secondary N) is 1. The van der Waals surface area contributed by atoms with Gasteiger partial charge in [0.05, 0.1) is 23.3 Å². The van der Waals surface area contributed by atoms with Gasteiger partial charge in [-0.25, -0.2) is 4.98 Å². The van der Waals surface area contributed by atoms with E-state index < -0.39 is 0 Å². The van der Waals surface area contributed by atoms with Crippen LogP contribution in [0, 0.1) is 0 Å². The number of halogens is 1. The lowest BCUT2D eigenvalue weighted by Crippen LogP contribution is -2.11. The molecule has 5 nitrogen and oxygen atoms in total. The summed E-state index contributed by atoms with van der Waals surface area (Å²) in [6.07, 6.45) is 3.23. The lowest BCUT2D eigenvalue weighted by molar-refractivity contribution is 0.103. The average Bonchev–Trinajstić information content (AvgIpc) is 2.99. The van der Waals surface area contributed by atoms with E-state index in [4.69, 9.17) is 17.3 Å². The molecule has 4 rings (SSSR count). The van der Waals surface area contributed by atoms with Gasteiger partial charge in [0.15, 0.2) is 0 Å². The number of nitrogen functional groups attached to an aromatic ring is 1. The van der Waals surface area contributed by atoms with E-state index in [1.165, 1.54) is 11.3 Å². The van der Waals surface area contributed by atoms with Crippen LogP contribution in [0.2, 0.25) is 5.02 Å². The second-order valence-corrected chi connectivity index (χ2v) is 7.03. The summed E-state index contributed by atoms with van der Waals surface area (Å²) < 4.78 is 0. The first-order valence-corrected chi connectivity index (χ1v) is 8.97. The third-order valence-corrected chi connectivity index (χ3v) is 5.23. The molecule has 0 saturated heterocycles. The number of benzene rings is 1. The number of rotatable bonds is 3. The van der Waals surface area contributed by atoms with E-state index >= 15 is 0 Å². The van der Waals surface area contributed by atoms with Gasteiger partial charge in [0.1, 0.15) is 9.71 Å². The molecule has 1 amide bonds. The summed E-state index contributed by atoms with van der Waals surface area (Å²) >= 11 is 7.20. The molecule has 0 aliphatic rings. The van der Waals surface area contributed by atoms with E-state index in [1.54, 1.807) is 24.5 Å². The average molecular weight is 381 g/mol. The fourth-order valence-corrected chi connectivity index (χ4v) is 3.69. The molecular weight excluding hydrogens is 368 g/mol. The minimum Gasteiger partial charge on any atom is -0.397 e. The van der Waals surface area contributed by atoms with Gasteiger partial charge in [-0.15, -0.1) is 11.3 Å². The van der Waals surface area contributed by atoms with Crippen molar-refractivity contribution in [1.29, 1.82) is 0 Å². The molecule has 0 spiro atoms. The molecule has 0 aliphatic heterocycles. The largest absolute Gasteiger partial charge is 0.397 e. The van der Waals surface area contributed by atoms with E-state index in [9.17, 15) is 4.79 Å². The monoisotopic (exact) mass is 380 g/mol. The number of carbonyl (C=O) groups excluding carboxylic acids is 1. The van der Waals surface area contributed by atoms with Crippen LogP contribution in [0.1, 0.15) is 9.67 Å². The molecule has 0 atom stereocenters. The van der Waals surface area contributed by atoms with E-state index in [-0.39, 0.29) is 5.91 Å². The highest BCUT2D eigenvalue weighted by Crippen LogP contribution is 2.34. The topological polar surface area (TPSA) is 80.9 Å². The molecule has 3 aromatic heterocycles. The maximum absolute atomic E-state index is 12.5. The van der Waals surface area contributed by atoms with Crippen LogP contribution >= 0.6 is 22.9 Å². The first-order chi connectivity index (χ1) is 12.6. The molecule has 0 saturated carbocycles. The predicted octanol–water partition coefficient (Wildman–Crippen LogP) is 4.85. The van der Waals surface area contributed by atoms with Gasteiger partial charge in [0.25, 0.3) is 5.91 Å². The quantitative estimate of drug-likeness (QED) is 0.532. The maximum atomic E-state index is 12.5. The van der Waals surface area contributed by atoms with Gasteiger partial charge in [0.2, 0.25) is 0 Å². The molecule has 0 aliphatic carbocycles. The minimum absolute atomic E-state index is 0.272. The number of hydrogen-bond donors (Lipinski definition) is 2. The molecular formula is C19H13ClN4OS. The predicted molar refractivity (Wildman–Crippen MR) is 107 cm³/mol. The number of fused-ring (bicyclic) bond motifs is 1. The van der Waals surface area contributed by atoms with Gasteiger partial charge >= 0.3 is 0 Å². The van der Waals surface area contributed by atoms with Crippen molar-refractivity contribution in [2.24, 2.45) is 0 Å². The van der Waals surface area contributed by atoms with Crippen molar-refractivity contribution >= 4 is 50.4 Å². The molecule has 0 fully saturated rings. The van der Waals surface area contributed by atoms with Gasteiger partial charge in [-0.05, 0) is 36.4 Å². The molecule has 128 valence electrons. The molecule has 1 aromatic carbocycles. The van der Waals surface area contributed by atoms with Crippen LogP contribution in [-0.4, -0.2) is 15.9 Å². The van der Waals surface area contributed by atoms with Gasteiger partial charge in [-0.2, -0.15) is 0 Å². The van der Waals surface area contributed by atoms with Gasteiger partial charge in [0, 0.05) is 22.2 Å². The van der Waals surface area contributed by atoms with Gasteiger partial charge in [-0.1, -0.05) is 23.7 Å². The molecule has 3 N–H and O–H groups in total. The van der Waals surface area contributed by atoms with Crippen LogP contribution in [0.25, 0.3) is 21.5 Å². The van der Waals surface area contributed by atoms with Gasteiger partial charge < -0.3 is 11.1 Å². The number of thiophene rings is 1. The van der Waals surface area contributed by atoms with Crippen molar-refractivity contribution in [1.82, 2.24) is 9.97 Å². The Morgan fingerprint density at radius 3 is 2.65 bits per heavy atom. The van der Waals surface area contributed by atoms with Crippen LogP contribution in [0.5, 0.6) is 0 Å². The zero-order valence-corrected chi connectivity index (χ0v) is 15.0. The molecule has 3 heterocycles. The highest BCUT2D eigenvalue weighted by atomic mass is 35.5. The summed E-state index contributed by atoms with van der Waals surface area (Å²) in [6, 6.07) is 14.7. The number of nitrogens with two attached hydrogens (primary N) is 1. The summed E-state index contributed by atoms with van der Waals surface area (Å²) in [5.41, 5.74) is 8.97. The number of nitrogens with zero attached hydrogens (tertiary/aromatic N) is 2. The fraction of sp³-hybridized carbons (Fsp3) is 0. The normalized spacial score (nSPS) is 10.8. The summed E-state index contributed by atoms with van der Waals surface area (Å²) in [5.74, 6) is -0.272. The number of hydrogen-bond acceptors (Lipinski definition) is 5. The van der Waals surface area contributed by atoms with Crippen LogP contribution in [-0.2, 0) is 0 Å². The van der Waals surface area contributed by atoms with Crippen LogP contribution in [0.3, 0.4) is 0 Å². The molecule has 0 unspecified atom stereocenters. The summed E-state index contributed by atoms with van der Waals surface area (Å²) in [4.78, 5) is 22.3. The Hall–Kier alpha value is -2.96. The van der Waals surface area contributed by atoms with Crippen molar-refractivity contribution in [2.75, 3.05) is 11.1 Å². The highest BCUT2D eigenvalue weighted by Gasteiger charge is 2.18. The van der Waals surface area contributed by atoms with Crippen LogP contribution < -0.4 is 11.1 Å². The highest BCUT2D eigenvalue weighted by molar-refractivity contribution is 7.21. The van der Waals surface area contributed by atoms with Crippen molar-refractivity contribution in [3.8, 4) is 11.3 Å². The minimum atomic E-state index is -0.272.